The number of hydrogen-bond acceptors (Lipinski definition) is 7. The molecule has 0 aliphatic carbocycles. The zero-order valence-corrected chi connectivity index (χ0v) is 21.3. The predicted octanol–water partition coefficient (Wildman–Crippen LogP) is 3.51. The first-order chi connectivity index (χ1) is 16.9. The number of nitrogens with zero attached hydrogens (tertiary/aromatic N) is 2. The number of carbonyl (C=O) groups excluding carboxylic acids is 1. The van der Waals surface area contributed by atoms with E-state index >= 15 is 0 Å². The van der Waals surface area contributed by atoms with Gasteiger partial charge in [0.15, 0.2) is 4.80 Å². The van der Waals surface area contributed by atoms with E-state index in [2.05, 4.69) is 4.99 Å². The Balaban J connectivity index is 1.90. The highest BCUT2D eigenvalue weighted by atomic mass is 32.1. The summed E-state index contributed by atoms with van der Waals surface area (Å²) < 4.78 is 18.4. The van der Waals surface area contributed by atoms with Crippen LogP contribution in [0.5, 0.6) is 11.5 Å². The fraction of sp³-hybridized carbons (Fsp3) is 0.296. The minimum atomic E-state index is -0.657. The van der Waals surface area contributed by atoms with E-state index in [1.165, 1.54) is 11.3 Å². The van der Waals surface area contributed by atoms with E-state index in [1.807, 2.05) is 62.4 Å². The highest BCUT2D eigenvalue weighted by Crippen LogP contribution is 2.31. The molecular formula is C27H28N2O5S. The number of benzene rings is 2. The first-order valence-electron chi connectivity index (χ1n) is 11.4. The first-order valence-corrected chi connectivity index (χ1v) is 12.3. The summed E-state index contributed by atoms with van der Waals surface area (Å²) in [5.41, 5.74) is 3.30. The molecule has 7 nitrogen and oxygen atoms in total. The van der Waals surface area contributed by atoms with Crippen LogP contribution in [0, 0.1) is 6.92 Å². The monoisotopic (exact) mass is 492 g/mol. The lowest BCUT2D eigenvalue weighted by Gasteiger charge is -2.24. The molecule has 3 aromatic rings. The first kappa shape index (κ1) is 24.5. The van der Waals surface area contributed by atoms with Gasteiger partial charge in [0.05, 0.1) is 42.2 Å². The van der Waals surface area contributed by atoms with Crippen molar-refractivity contribution in [3.05, 3.63) is 90.1 Å². The molecule has 4 rings (SSSR count). The molecule has 35 heavy (non-hydrogen) atoms. The third-order valence-corrected chi connectivity index (χ3v) is 6.74. The van der Waals surface area contributed by atoms with Crippen LogP contribution < -0.4 is 24.4 Å². The fourth-order valence-electron chi connectivity index (χ4n) is 4.10. The standard InChI is InChI=1S/C27H28N2O5S/c1-6-33-20-12-10-19(11-13-20)24-23(26(31)34-7-2)17(4)28-27-29(24)25(30)22(35-27)15-18-9-8-16(3)21(14-18)32-5/h8-15,24H,6-7H2,1-5H3/b22-15-/t24-/m0/s1. The Morgan fingerprint density at radius 2 is 1.86 bits per heavy atom. The van der Waals surface area contributed by atoms with Crippen LogP contribution in [0.2, 0.25) is 0 Å². The molecule has 1 aromatic heterocycles. The number of ether oxygens (including phenoxy) is 3. The summed E-state index contributed by atoms with van der Waals surface area (Å²) in [5.74, 6) is 0.986. The summed E-state index contributed by atoms with van der Waals surface area (Å²) >= 11 is 1.29. The molecule has 0 radical (unpaired) electrons. The zero-order valence-electron chi connectivity index (χ0n) is 20.5. The smallest absolute Gasteiger partial charge is 0.338 e. The number of aryl methyl sites for hydroxylation is 1. The number of esters is 1. The number of methoxy groups -OCH3 is 1. The van der Waals surface area contributed by atoms with Crippen LogP contribution in [-0.4, -0.2) is 30.9 Å². The molecule has 0 bridgehead atoms. The molecule has 0 amide bonds. The molecule has 1 aliphatic heterocycles. The topological polar surface area (TPSA) is 79.1 Å². The number of rotatable bonds is 7. The van der Waals surface area contributed by atoms with Gasteiger partial charge < -0.3 is 14.2 Å². The van der Waals surface area contributed by atoms with E-state index in [1.54, 1.807) is 25.5 Å². The fourth-order valence-corrected chi connectivity index (χ4v) is 5.14. The van der Waals surface area contributed by atoms with Gasteiger partial charge in [-0.3, -0.25) is 9.36 Å². The molecule has 0 saturated carbocycles. The normalized spacial score (nSPS) is 15.5. The summed E-state index contributed by atoms with van der Waals surface area (Å²) in [6, 6.07) is 12.5. The summed E-state index contributed by atoms with van der Waals surface area (Å²) in [6.45, 7) is 8.19. The van der Waals surface area contributed by atoms with Gasteiger partial charge in [-0.2, -0.15) is 0 Å². The summed E-state index contributed by atoms with van der Waals surface area (Å²) in [7, 11) is 1.62. The van der Waals surface area contributed by atoms with Crippen molar-refractivity contribution in [2.75, 3.05) is 20.3 Å². The van der Waals surface area contributed by atoms with Crippen LogP contribution in [0.25, 0.3) is 6.08 Å². The van der Waals surface area contributed by atoms with E-state index < -0.39 is 12.0 Å². The van der Waals surface area contributed by atoms with Crippen molar-refractivity contribution in [2.45, 2.75) is 33.7 Å². The highest BCUT2D eigenvalue weighted by Gasteiger charge is 2.33. The van der Waals surface area contributed by atoms with Crippen LogP contribution in [0.1, 0.15) is 43.5 Å². The second-order valence-electron chi connectivity index (χ2n) is 8.03. The summed E-state index contributed by atoms with van der Waals surface area (Å²) in [4.78, 5) is 31.8. The SMILES string of the molecule is CCOC(=O)C1=C(C)N=c2s/c(=C\c3ccc(C)c(OC)c3)c(=O)n2[C@H]1c1ccc(OCC)cc1. The molecule has 0 fully saturated rings. The van der Waals surface area contributed by atoms with E-state index in [4.69, 9.17) is 14.2 Å². The van der Waals surface area contributed by atoms with Gasteiger partial charge in [-0.15, -0.1) is 0 Å². The maximum Gasteiger partial charge on any atom is 0.338 e. The Hall–Kier alpha value is -3.65. The van der Waals surface area contributed by atoms with Crippen molar-refractivity contribution < 1.29 is 19.0 Å². The van der Waals surface area contributed by atoms with E-state index in [9.17, 15) is 9.59 Å². The number of aromatic nitrogens is 1. The Labute approximate surface area is 207 Å². The molecule has 182 valence electrons. The summed E-state index contributed by atoms with van der Waals surface area (Å²) in [5, 5.41) is 0. The molecular weight excluding hydrogens is 464 g/mol. The van der Waals surface area contributed by atoms with E-state index in [0.717, 1.165) is 28.2 Å². The Kier molecular flexibility index (Phi) is 7.21. The van der Waals surface area contributed by atoms with Gasteiger partial charge in [-0.1, -0.05) is 35.6 Å². The van der Waals surface area contributed by atoms with Crippen LogP contribution in [0.15, 0.2) is 63.5 Å². The number of thiazole rings is 1. The maximum absolute atomic E-state index is 13.7. The van der Waals surface area contributed by atoms with Crippen molar-refractivity contribution >= 4 is 23.4 Å². The van der Waals surface area contributed by atoms with Gasteiger partial charge in [-0.25, -0.2) is 9.79 Å². The number of fused-ring (bicyclic) bond motifs is 1. The molecule has 0 saturated heterocycles. The second-order valence-corrected chi connectivity index (χ2v) is 9.04. The average Bonchev–Trinajstić information content (AvgIpc) is 3.14. The minimum Gasteiger partial charge on any atom is -0.496 e. The lowest BCUT2D eigenvalue weighted by Crippen LogP contribution is -2.39. The minimum absolute atomic E-state index is 0.221. The Morgan fingerprint density at radius 1 is 1.11 bits per heavy atom. The average molecular weight is 493 g/mol. The largest absolute Gasteiger partial charge is 0.496 e. The Bertz CT molecular complexity index is 1460. The molecule has 0 N–H and O–H groups in total. The Morgan fingerprint density at radius 3 is 2.51 bits per heavy atom. The number of allylic oxidation sites excluding steroid dienone is 1. The maximum atomic E-state index is 13.7. The third kappa shape index (κ3) is 4.79. The van der Waals surface area contributed by atoms with Crippen LogP contribution in [0.3, 0.4) is 0 Å². The number of carbonyl (C=O) groups is 1. The lowest BCUT2D eigenvalue weighted by molar-refractivity contribution is -0.139. The molecule has 2 heterocycles. The van der Waals surface area contributed by atoms with Gasteiger partial charge in [0, 0.05) is 0 Å². The van der Waals surface area contributed by atoms with Crippen LogP contribution >= 0.6 is 11.3 Å². The van der Waals surface area contributed by atoms with Crippen molar-refractivity contribution in [3.8, 4) is 11.5 Å². The van der Waals surface area contributed by atoms with Crippen LogP contribution in [0.4, 0.5) is 0 Å². The molecule has 1 atom stereocenters. The van der Waals surface area contributed by atoms with Gasteiger partial charge >= 0.3 is 5.97 Å². The molecule has 0 spiro atoms. The number of hydrogen-bond donors (Lipinski definition) is 0. The lowest BCUT2D eigenvalue weighted by atomic mass is 9.96. The molecule has 1 aliphatic rings. The highest BCUT2D eigenvalue weighted by molar-refractivity contribution is 7.07. The van der Waals surface area contributed by atoms with Gasteiger partial charge in [0.1, 0.15) is 11.5 Å². The van der Waals surface area contributed by atoms with Crippen molar-refractivity contribution in [1.29, 1.82) is 0 Å². The second kappa shape index (κ2) is 10.3. The van der Waals surface area contributed by atoms with E-state index in [-0.39, 0.29) is 12.2 Å². The van der Waals surface area contributed by atoms with Crippen molar-refractivity contribution in [3.63, 3.8) is 0 Å². The van der Waals surface area contributed by atoms with E-state index in [0.29, 0.717) is 27.2 Å². The quantitative estimate of drug-likeness (QED) is 0.472. The zero-order chi connectivity index (χ0) is 25.1. The predicted molar refractivity (Wildman–Crippen MR) is 136 cm³/mol. The summed E-state index contributed by atoms with van der Waals surface area (Å²) in [6.07, 6.45) is 1.82. The van der Waals surface area contributed by atoms with Crippen molar-refractivity contribution in [1.82, 2.24) is 4.57 Å². The third-order valence-electron chi connectivity index (χ3n) is 5.75. The van der Waals surface area contributed by atoms with Gasteiger partial charge in [-0.05, 0) is 68.7 Å². The van der Waals surface area contributed by atoms with Gasteiger partial charge in [0.2, 0.25) is 0 Å². The van der Waals surface area contributed by atoms with Gasteiger partial charge in [0.25, 0.3) is 5.56 Å². The van der Waals surface area contributed by atoms with Crippen molar-refractivity contribution in [2.24, 2.45) is 4.99 Å². The molecule has 2 aromatic carbocycles. The van der Waals surface area contributed by atoms with Crippen LogP contribution in [-0.2, 0) is 9.53 Å². The molecule has 0 unspecified atom stereocenters. The molecule has 8 heteroatoms.